The van der Waals surface area contributed by atoms with E-state index in [1.165, 1.54) is 18.3 Å². The second-order valence-corrected chi connectivity index (χ2v) is 6.25. The van der Waals surface area contributed by atoms with Crippen LogP contribution in [-0.4, -0.2) is 18.3 Å². The molecule has 2 nitrogen and oxygen atoms in total. The molecule has 1 heterocycles. The lowest BCUT2D eigenvalue weighted by Gasteiger charge is -2.32. The first-order chi connectivity index (χ1) is 7.32. The molecule has 1 aliphatic heterocycles. The monoisotopic (exact) mass is 222 g/mol. The highest BCUT2D eigenvalue weighted by molar-refractivity contribution is 6.54. The maximum atomic E-state index is 6.05. The van der Waals surface area contributed by atoms with Gasteiger partial charge in [-0.05, 0) is 58.3 Å². The summed E-state index contributed by atoms with van der Waals surface area (Å²) in [5, 5.41) is 0. The summed E-state index contributed by atoms with van der Waals surface area (Å²) in [6.07, 6.45) is 5.86. The molecule has 0 spiro atoms. The lowest BCUT2D eigenvalue weighted by Crippen LogP contribution is -2.41. The van der Waals surface area contributed by atoms with E-state index in [0.717, 1.165) is 12.3 Å². The van der Waals surface area contributed by atoms with Crippen molar-refractivity contribution in [3.8, 4) is 0 Å². The highest BCUT2D eigenvalue weighted by Crippen LogP contribution is 2.40. The molecule has 0 aromatic carbocycles. The fraction of sp³-hybridized carbons (Fsp3) is 0.846. The van der Waals surface area contributed by atoms with Crippen LogP contribution in [0.4, 0.5) is 0 Å². The Morgan fingerprint density at radius 2 is 1.75 bits per heavy atom. The molecule has 0 unspecified atom stereocenters. The minimum atomic E-state index is -0.207. The van der Waals surface area contributed by atoms with Crippen molar-refractivity contribution in [3.05, 3.63) is 11.5 Å². The molecule has 3 heteroatoms. The van der Waals surface area contributed by atoms with Crippen molar-refractivity contribution in [2.75, 3.05) is 0 Å². The predicted molar refractivity (Wildman–Crippen MR) is 67.2 cm³/mol. The number of hydrogen-bond donors (Lipinski definition) is 0. The molecule has 0 aromatic heterocycles. The van der Waals surface area contributed by atoms with Gasteiger partial charge >= 0.3 is 7.12 Å². The minimum absolute atomic E-state index is 0.113. The van der Waals surface area contributed by atoms with Gasteiger partial charge in [0.05, 0.1) is 11.2 Å². The quantitative estimate of drug-likeness (QED) is 0.633. The zero-order valence-electron chi connectivity index (χ0n) is 11.2. The zero-order chi connectivity index (χ0) is 12.0. The van der Waals surface area contributed by atoms with Crippen LogP contribution in [0.1, 0.15) is 53.9 Å². The Balaban J connectivity index is 2.09. The molecular formula is C13H23BO2. The number of hydrogen-bond acceptors (Lipinski definition) is 2. The van der Waals surface area contributed by atoms with E-state index in [-0.39, 0.29) is 18.3 Å². The van der Waals surface area contributed by atoms with Gasteiger partial charge in [0.1, 0.15) is 0 Å². The summed E-state index contributed by atoms with van der Waals surface area (Å²) in [7, 11) is -0.113. The van der Waals surface area contributed by atoms with E-state index in [1.54, 1.807) is 0 Å². The Hall–Kier alpha value is -0.275. The number of allylic oxidation sites excluding steroid dienone is 2. The van der Waals surface area contributed by atoms with Gasteiger partial charge in [-0.3, -0.25) is 0 Å². The molecule has 0 bridgehead atoms. The molecule has 0 amide bonds. The molecule has 0 aromatic rings. The van der Waals surface area contributed by atoms with Crippen LogP contribution in [0.15, 0.2) is 11.5 Å². The van der Waals surface area contributed by atoms with Crippen molar-refractivity contribution in [3.63, 3.8) is 0 Å². The van der Waals surface area contributed by atoms with Crippen LogP contribution < -0.4 is 0 Å². The van der Waals surface area contributed by atoms with Crippen molar-refractivity contribution in [2.45, 2.75) is 65.1 Å². The Morgan fingerprint density at radius 3 is 2.19 bits per heavy atom. The molecule has 2 rings (SSSR count). The van der Waals surface area contributed by atoms with Crippen LogP contribution in [0.3, 0.4) is 0 Å². The Bertz CT molecular complexity index is 291. The lowest BCUT2D eigenvalue weighted by atomic mass is 9.71. The molecular weight excluding hydrogens is 199 g/mol. The van der Waals surface area contributed by atoms with Gasteiger partial charge < -0.3 is 9.31 Å². The highest BCUT2D eigenvalue weighted by atomic mass is 16.7. The van der Waals surface area contributed by atoms with E-state index in [4.69, 9.17) is 9.31 Å². The standard InChI is InChI=1S/C13H23BO2/c1-10-6-8-11(9-7-10)14-15-12(2,3)13(4,5)16-14/h8,10H,6-7,9H2,1-5H3/t10-/m1/s1. The second kappa shape index (κ2) is 3.88. The SMILES string of the molecule is C[C@@H]1CC=C(B2OC(C)(C)C(C)(C)O2)CC1. The molecule has 0 radical (unpaired) electrons. The van der Waals surface area contributed by atoms with E-state index in [2.05, 4.69) is 40.7 Å². The molecule has 90 valence electrons. The van der Waals surface area contributed by atoms with Crippen LogP contribution in [0.2, 0.25) is 0 Å². The molecule has 2 aliphatic rings. The molecule has 0 saturated carbocycles. The van der Waals surface area contributed by atoms with E-state index in [9.17, 15) is 0 Å². The fourth-order valence-electron chi connectivity index (χ4n) is 2.19. The largest absolute Gasteiger partial charge is 0.490 e. The first-order valence-corrected chi connectivity index (χ1v) is 6.36. The molecule has 1 fully saturated rings. The Kier molecular flexibility index (Phi) is 2.96. The van der Waals surface area contributed by atoms with Crippen molar-refractivity contribution in [1.82, 2.24) is 0 Å². The van der Waals surface area contributed by atoms with Gasteiger partial charge in [0.25, 0.3) is 0 Å². The predicted octanol–water partition coefficient (Wildman–Crippen LogP) is 3.36. The van der Waals surface area contributed by atoms with Crippen molar-refractivity contribution < 1.29 is 9.31 Å². The summed E-state index contributed by atoms with van der Waals surface area (Å²) in [5.41, 5.74) is 0.931. The summed E-state index contributed by atoms with van der Waals surface area (Å²) < 4.78 is 12.1. The summed E-state index contributed by atoms with van der Waals surface area (Å²) in [4.78, 5) is 0. The average molecular weight is 222 g/mol. The molecule has 1 aliphatic carbocycles. The summed E-state index contributed by atoms with van der Waals surface area (Å²) >= 11 is 0. The minimum Gasteiger partial charge on any atom is -0.400 e. The van der Waals surface area contributed by atoms with Crippen LogP contribution in [-0.2, 0) is 9.31 Å². The topological polar surface area (TPSA) is 18.5 Å². The van der Waals surface area contributed by atoms with Gasteiger partial charge in [-0.25, -0.2) is 0 Å². The third-order valence-corrected chi connectivity index (χ3v) is 4.26. The smallest absolute Gasteiger partial charge is 0.400 e. The first kappa shape index (κ1) is 12.2. The van der Waals surface area contributed by atoms with Crippen LogP contribution in [0.5, 0.6) is 0 Å². The summed E-state index contributed by atoms with van der Waals surface area (Å²) in [6, 6.07) is 0. The van der Waals surface area contributed by atoms with Crippen molar-refractivity contribution in [2.24, 2.45) is 5.92 Å². The number of rotatable bonds is 1. The normalized spacial score (nSPS) is 32.7. The van der Waals surface area contributed by atoms with Crippen molar-refractivity contribution in [1.29, 1.82) is 0 Å². The van der Waals surface area contributed by atoms with E-state index < -0.39 is 0 Å². The van der Waals surface area contributed by atoms with Gasteiger partial charge in [-0.2, -0.15) is 0 Å². The van der Waals surface area contributed by atoms with E-state index >= 15 is 0 Å². The first-order valence-electron chi connectivity index (χ1n) is 6.36. The van der Waals surface area contributed by atoms with E-state index in [1.807, 2.05) is 0 Å². The summed E-state index contributed by atoms with van der Waals surface area (Å²) in [6.45, 7) is 10.7. The summed E-state index contributed by atoms with van der Waals surface area (Å²) in [5.74, 6) is 0.811. The zero-order valence-corrected chi connectivity index (χ0v) is 11.2. The third-order valence-electron chi connectivity index (χ3n) is 4.26. The van der Waals surface area contributed by atoms with Gasteiger partial charge in [0.2, 0.25) is 0 Å². The van der Waals surface area contributed by atoms with Gasteiger partial charge in [0, 0.05) is 0 Å². The molecule has 0 N–H and O–H groups in total. The molecule has 1 saturated heterocycles. The Morgan fingerprint density at radius 1 is 1.19 bits per heavy atom. The average Bonchev–Trinajstić information content (AvgIpc) is 2.37. The second-order valence-electron chi connectivity index (χ2n) is 6.25. The Labute approximate surface area is 99.5 Å². The van der Waals surface area contributed by atoms with Crippen LogP contribution in [0.25, 0.3) is 0 Å². The van der Waals surface area contributed by atoms with Crippen LogP contribution in [0, 0.1) is 5.92 Å². The maximum Gasteiger partial charge on any atom is 0.490 e. The molecule has 1 atom stereocenters. The van der Waals surface area contributed by atoms with Gasteiger partial charge in [0.15, 0.2) is 0 Å². The molecule has 16 heavy (non-hydrogen) atoms. The van der Waals surface area contributed by atoms with E-state index in [0.29, 0.717) is 0 Å². The van der Waals surface area contributed by atoms with Gasteiger partial charge in [-0.1, -0.05) is 13.0 Å². The lowest BCUT2D eigenvalue weighted by molar-refractivity contribution is 0.00578. The van der Waals surface area contributed by atoms with Gasteiger partial charge in [-0.15, -0.1) is 0 Å². The fourth-order valence-corrected chi connectivity index (χ4v) is 2.19. The highest BCUT2D eigenvalue weighted by Gasteiger charge is 2.52. The third kappa shape index (κ3) is 2.08. The van der Waals surface area contributed by atoms with Crippen molar-refractivity contribution >= 4 is 7.12 Å². The van der Waals surface area contributed by atoms with Crippen LogP contribution >= 0.6 is 0 Å². The maximum absolute atomic E-state index is 6.05.